The minimum Gasteiger partial charge on any atom is -0.378 e. The standard InChI is InChI=1S/C13H25N3O/c1-4-16-7-8-17-11-13(16)9-12(1)10-15-5-2-14-3-6-15/h12-14H,1-11H2. The molecule has 3 aliphatic rings. The summed E-state index contributed by atoms with van der Waals surface area (Å²) in [6.45, 7) is 10.5. The number of piperazine rings is 1. The summed E-state index contributed by atoms with van der Waals surface area (Å²) in [5, 5.41) is 3.43. The van der Waals surface area contributed by atoms with Gasteiger partial charge in [-0.3, -0.25) is 4.90 Å². The van der Waals surface area contributed by atoms with Gasteiger partial charge in [0.05, 0.1) is 13.2 Å². The summed E-state index contributed by atoms with van der Waals surface area (Å²) in [5.41, 5.74) is 0. The van der Waals surface area contributed by atoms with Crippen molar-refractivity contribution >= 4 is 0 Å². The average Bonchev–Trinajstić information content (AvgIpc) is 2.40. The van der Waals surface area contributed by atoms with E-state index in [1.807, 2.05) is 0 Å². The molecule has 0 amide bonds. The Hall–Kier alpha value is -0.160. The molecule has 4 heteroatoms. The van der Waals surface area contributed by atoms with Crippen molar-refractivity contribution in [3.8, 4) is 0 Å². The van der Waals surface area contributed by atoms with Crippen molar-refractivity contribution in [2.45, 2.75) is 18.9 Å². The summed E-state index contributed by atoms with van der Waals surface area (Å²) in [5.74, 6) is 0.899. The first-order chi connectivity index (χ1) is 8.42. The minimum absolute atomic E-state index is 0.713. The van der Waals surface area contributed by atoms with E-state index in [9.17, 15) is 0 Å². The highest BCUT2D eigenvalue weighted by Gasteiger charge is 2.31. The van der Waals surface area contributed by atoms with Crippen LogP contribution < -0.4 is 5.32 Å². The lowest BCUT2D eigenvalue weighted by atomic mass is 9.90. The zero-order valence-electron chi connectivity index (χ0n) is 10.7. The number of hydrogen-bond acceptors (Lipinski definition) is 4. The predicted octanol–water partition coefficient (Wildman–Crippen LogP) is 0.00240. The van der Waals surface area contributed by atoms with Crippen LogP contribution >= 0.6 is 0 Å². The Morgan fingerprint density at radius 1 is 1.12 bits per heavy atom. The topological polar surface area (TPSA) is 27.7 Å². The van der Waals surface area contributed by atoms with Crippen LogP contribution in [0.5, 0.6) is 0 Å². The van der Waals surface area contributed by atoms with Crippen LogP contribution in [0.3, 0.4) is 0 Å². The van der Waals surface area contributed by atoms with Crippen LogP contribution in [-0.2, 0) is 4.74 Å². The highest BCUT2D eigenvalue weighted by molar-refractivity contribution is 4.85. The van der Waals surface area contributed by atoms with Crippen molar-refractivity contribution in [2.24, 2.45) is 5.92 Å². The Balaban J connectivity index is 1.48. The molecule has 2 unspecified atom stereocenters. The zero-order valence-corrected chi connectivity index (χ0v) is 10.7. The van der Waals surface area contributed by atoms with Gasteiger partial charge in [-0.2, -0.15) is 0 Å². The summed E-state index contributed by atoms with van der Waals surface area (Å²) in [6, 6.07) is 0.713. The largest absolute Gasteiger partial charge is 0.378 e. The second-order valence-electron chi connectivity index (χ2n) is 5.71. The third-order valence-corrected chi connectivity index (χ3v) is 4.51. The highest BCUT2D eigenvalue weighted by Crippen LogP contribution is 2.25. The maximum absolute atomic E-state index is 5.61. The summed E-state index contributed by atoms with van der Waals surface area (Å²) >= 11 is 0. The third-order valence-electron chi connectivity index (χ3n) is 4.51. The lowest BCUT2D eigenvalue weighted by Gasteiger charge is -2.43. The molecule has 0 aromatic rings. The number of rotatable bonds is 2. The Kier molecular flexibility index (Phi) is 3.96. The molecule has 0 spiro atoms. The molecule has 98 valence electrons. The molecule has 17 heavy (non-hydrogen) atoms. The van der Waals surface area contributed by atoms with Gasteiger partial charge in [0.1, 0.15) is 0 Å². The van der Waals surface area contributed by atoms with Crippen molar-refractivity contribution in [2.75, 3.05) is 59.0 Å². The molecule has 0 bridgehead atoms. The van der Waals surface area contributed by atoms with E-state index in [0.29, 0.717) is 6.04 Å². The summed E-state index contributed by atoms with van der Waals surface area (Å²) in [7, 11) is 0. The fraction of sp³-hybridized carbons (Fsp3) is 1.00. The van der Waals surface area contributed by atoms with Gasteiger partial charge in [-0.25, -0.2) is 0 Å². The Bertz CT molecular complexity index is 241. The lowest BCUT2D eigenvalue weighted by Crippen LogP contribution is -2.52. The molecule has 0 saturated carbocycles. The van der Waals surface area contributed by atoms with Crippen LogP contribution in [0.1, 0.15) is 12.8 Å². The van der Waals surface area contributed by atoms with Crippen LogP contribution in [-0.4, -0.2) is 74.9 Å². The van der Waals surface area contributed by atoms with Gasteiger partial charge in [0.15, 0.2) is 0 Å². The lowest BCUT2D eigenvalue weighted by molar-refractivity contribution is -0.0386. The Morgan fingerprint density at radius 3 is 2.88 bits per heavy atom. The van der Waals surface area contributed by atoms with Gasteiger partial charge >= 0.3 is 0 Å². The molecule has 0 radical (unpaired) electrons. The molecule has 0 aromatic carbocycles. The van der Waals surface area contributed by atoms with E-state index in [1.165, 1.54) is 52.1 Å². The number of fused-ring (bicyclic) bond motifs is 1. The molecule has 3 heterocycles. The predicted molar refractivity (Wildman–Crippen MR) is 68.2 cm³/mol. The number of ether oxygens (including phenoxy) is 1. The van der Waals surface area contributed by atoms with Gasteiger partial charge in [-0.15, -0.1) is 0 Å². The molecular weight excluding hydrogens is 214 g/mol. The molecular formula is C13H25N3O. The number of hydrogen-bond donors (Lipinski definition) is 1. The van der Waals surface area contributed by atoms with E-state index >= 15 is 0 Å². The maximum Gasteiger partial charge on any atom is 0.0622 e. The molecule has 3 saturated heterocycles. The molecule has 3 rings (SSSR count). The van der Waals surface area contributed by atoms with E-state index in [2.05, 4.69) is 15.1 Å². The minimum atomic E-state index is 0.713. The zero-order chi connectivity index (χ0) is 11.5. The molecule has 0 aliphatic carbocycles. The van der Waals surface area contributed by atoms with Crippen LogP contribution in [0, 0.1) is 5.92 Å². The first-order valence-corrected chi connectivity index (χ1v) is 7.17. The Labute approximate surface area is 104 Å². The van der Waals surface area contributed by atoms with Crippen molar-refractivity contribution < 1.29 is 4.74 Å². The van der Waals surface area contributed by atoms with Crippen molar-refractivity contribution in [1.82, 2.24) is 15.1 Å². The maximum atomic E-state index is 5.61. The van der Waals surface area contributed by atoms with E-state index < -0.39 is 0 Å². The summed E-state index contributed by atoms with van der Waals surface area (Å²) in [4.78, 5) is 5.28. The van der Waals surface area contributed by atoms with Gasteiger partial charge in [-0.05, 0) is 25.3 Å². The quantitative estimate of drug-likeness (QED) is 0.734. The molecule has 1 N–H and O–H groups in total. The summed E-state index contributed by atoms with van der Waals surface area (Å²) < 4.78 is 5.61. The second kappa shape index (κ2) is 5.65. The number of piperidine rings is 1. The molecule has 2 atom stereocenters. The fourth-order valence-corrected chi connectivity index (χ4v) is 3.48. The smallest absolute Gasteiger partial charge is 0.0622 e. The van der Waals surface area contributed by atoms with Gasteiger partial charge < -0.3 is 15.0 Å². The van der Waals surface area contributed by atoms with Crippen LogP contribution in [0.25, 0.3) is 0 Å². The molecule has 0 aromatic heterocycles. The van der Waals surface area contributed by atoms with Gasteiger partial charge in [0, 0.05) is 45.3 Å². The molecule has 3 aliphatic heterocycles. The van der Waals surface area contributed by atoms with E-state index in [4.69, 9.17) is 4.74 Å². The van der Waals surface area contributed by atoms with Crippen molar-refractivity contribution in [3.05, 3.63) is 0 Å². The molecule has 4 nitrogen and oxygen atoms in total. The van der Waals surface area contributed by atoms with Crippen molar-refractivity contribution in [3.63, 3.8) is 0 Å². The normalized spacial score (nSPS) is 36.7. The highest BCUT2D eigenvalue weighted by atomic mass is 16.5. The fourth-order valence-electron chi connectivity index (χ4n) is 3.48. The average molecular weight is 239 g/mol. The first kappa shape index (κ1) is 11.9. The number of nitrogens with one attached hydrogen (secondary N) is 1. The van der Waals surface area contributed by atoms with E-state index in [0.717, 1.165) is 25.7 Å². The first-order valence-electron chi connectivity index (χ1n) is 7.17. The van der Waals surface area contributed by atoms with Crippen molar-refractivity contribution in [1.29, 1.82) is 0 Å². The van der Waals surface area contributed by atoms with Crippen LogP contribution in [0.2, 0.25) is 0 Å². The Morgan fingerprint density at radius 2 is 2.00 bits per heavy atom. The monoisotopic (exact) mass is 239 g/mol. The summed E-state index contributed by atoms with van der Waals surface area (Å²) in [6.07, 6.45) is 2.74. The van der Waals surface area contributed by atoms with Gasteiger partial charge in [0.25, 0.3) is 0 Å². The SMILES string of the molecule is C1CN(CC2CCN3CCOCC3C2)CCN1. The molecule has 3 fully saturated rings. The van der Waals surface area contributed by atoms with Gasteiger partial charge in [0.2, 0.25) is 0 Å². The number of nitrogens with zero attached hydrogens (tertiary/aromatic N) is 2. The number of morpholine rings is 1. The van der Waals surface area contributed by atoms with Gasteiger partial charge in [-0.1, -0.05) is 0 Å². The second-order valence-corrected chi connectivity index (χ2v) is 5.71. The van der Waals surface area contributed by atoms with Crippen LogP contribution in [0.15, 0.2) is 0 Å². The van der Waals surface area contributed by atoms with Crippen LogP contribution in [0.4, 0.5) is 0 Å². The third kappa shape index (κ3) is 2.99. The van der Waals surface area contributed by atoms with E-state index in [-0.39, 0.29) is 0 Å². The van der Waals surface area contributed by atoms with E-state index in [1.54, 1.807) is 0 Å².